The molecule has 5 heteroatoms. The molecule has 0 saturated heterocycles. The first-order valence-electron chi connectivity index (χ1n) is 6.26. The zero-order chi connectivity index (χ0) is 14.6. The molecule has 0 radical (unpaired) electrons. The summed E-state index contributed by atoms with van der Waals surface area (Å²) in [5, 5.41) is 5.49. The average Bonchev–Trinajstić information content (AvgIpc) is 2.31. The summed E-state index contributed by atoms with van der Waals surface area (Å²) >= 11 is 0. The Labute approximate surface area is 113 Å². The van der Waals surface area contributed by atoms with Crippen molar-refractivity contribution in [3.8, 4) is 0 Å². The second-order valence-corrected chi connectivity index (χ2v) is 4.97. The largest absolute Gasteiger partial charge is 0.326 e. The summed E-state index contributed by atoms with van der Waals surface area (Å²) in [5.74, 6) is -0.247. The number of hydrogen-bond acceptors (Lipinski definition) is 3. The molecule has 1 aromatic rings. The maximum absolute atomic E-state index is 11.8. The van der Waals surface area contributed by atoms with Crippen molar-refractivity contribution in [3.05, 3.63) is 23.8 Å². The van der Waals surface area contributed by atoms with Crippen molar-refractivity contribution in [2.75, 3.05) is 10.6 Å². The fourth-order valence-corrected chi connectivity index (χ4v) is 1.60. The molecule has 1 aromatic carbocycles. The van der Waals surface area contributed by atoms with Crippen LogP contribution in [0.5, 0.6) is 0 Å². The average molecular weight is 263 g/mol. The highest BCUT2D eigenvalue weighted by Gasteiger charge is 2.17. The van der Waals surface area contributed by atoms with Gasteiger partial charge in [-0.2, -0.15) is 0 Å². The van der Waals surface area contributed by atoms with E-state index in [9.17, 15) is 9.59 Å². The van der Waals surface area contributed by atoms with Crippen LogP contribution in [0, 0.1) is 12.8 Å². The predicted octanol–water partition coefficient (Wildman–Crippen LogP) is 1.88. The van der Waals surface area contributed by atoms with Crippen LogP contribution in [0.15, 0.2) is 18.2 Å². The SMILES string of the molecule is CC(=O)Nc1ccc(NC(=O)[C@H](N)C(C)C)cc1C. The normalized spacial score (nSPS) is 12.1. The third-order valence-corrected chi connectivity index (χ3v) is 2.83. The van der Waals surface area contributed by atoms with Crippen molar-refractivity contribution in [3.63, 3.8) is 0 Å². The van der Waals surface area contributed by atoms with Gasteiger partial charge in [0.2, 0.25) is 11.8 Å². The second-order valence-electron chi connectivity index (χ2n) is 4.97. The van der Waals surface area contributed by atoms with Gasteiger partial charge in [0, 0.05) is 18.3 Å². The molecular formula is C14H21N3O2. The third-order valence-electron chi connectivity index (χ3n) is 2.83. The smallest absolute Gasteiger partial charge is 0.241 e. The lowest BCUT2D eigenvalue weighted by Crippen LogP contribution is -2.39. The molecule has 0 aromatic heterocycles. The van der Waals surface area contributed by atoms with Gasteiger partial charge < -0.3 is 16.4 Å². The summed E-state index contributed by atoms with van der Waals surface area (Å²) in [6.07, 6.45) is 0. The lowest BCUT2D eigenvalue weighted by atomic mass is 10.0. The van der Waals surface area contributed by atoms with E-state index in [1.165, 1.54) is 6.92 Å². The van der Waals surface area contributed by atoms with Crippen LogP contribution in [0.4, 0.5) is 11.4 Å². The van der Waals surface area contributed by atoms with Crippen LogP contribution in [0.1, 0.15) is 26.3 Å². The molecular weight excluding hydrogens is 242 g/mol. The van der Waals surface area contributed by atoms with Crippen molar-refractivity contribution in [2.45, 2.75) is 33.7 Å². The zero-order valence-electron chi connectivity index (χ0n) is 11.8. The summed E-state index contributed by atoms with van der Waals surface area (Å²) in [4.78, 5) is 22.8. The Morgan fingerprint density at radius 3 is 2.32 bits per heavy atom. The van der Waals surface area contributed by atoms with Gasteiger partial charge in [0.05, 0.1) is 6.04 Å². The van der Waals surface area contributed by atoms with Crippen molar-refractivity contribution < 1.29 is 9.59 Å². The Kier molecular flexibility index (Phi) is 5.06. The van der Waals surface area contributed by atoms with E-state index in [0.717, 1.165) is 11.3 Å². The van der Waals surface area contributed by atoms with Gasteiger partial charge in [0.25, 0.3) is 0 Å². The molecule has 1 rings (SSSR count). The van der Waals surface area contributed by atoms with Gasteiger partial charge >= 0.3 is 0 Å². The standard InChI is InChI=1S/C14H21N3O2/c1-8(2)13(15)14(19)17-11-5-6-12(9(3)7-11)16-10(4)18/h5-8,13H,15H2,1-4H3,(H,16,18)(H,17,19)/t13-/m1/s1. The summed E-state index contributed by atoms with van der Waals surface area (Å²) in [7, 11) is 0. The van der Waals surface area contributed by atoms with Crippen LogP contribution in [-0.4, -0.2) is 17.9 Å². The number of hydrogen-bond donors (Lipinski definition) is 3. The number of carbonyl (C=O) groups excluding carboxylic acids is 2. The summed E-state index contributed by atoms with van der Waals surface area (Å²) in [6.45, 7) is 7.12. The molecule has 0 bridgehead atoms. The molecule has 0 aliphatic carbocycles. The molecule has 19 heavy (non-hydrogen) atoms. The van der Waals surface area contributed by atoms with Gasteiger partial charge in [-0.1, -0.05) is 13.8 Å². The van der Waals surface area contributed by atoms with Gasteiger partial charge in [0.1, 0.15) is 0 Å². The first kappa shape index (κ1) is 15.2. The van der Waals surface area contributed by atoms with Crippen LogP contribution < -0.4 is 16.4 Å². The number of carbonyl (C=O) groups is 2. The van der Waals surface area contributed by atoms with E-state index < -0.39 is 6.04 Å². The topological polar surface area (TPSA) is 84.2 Å². The van der Waals surface area contributed by atoms with E-state index in [0.29, 0.717) is 5.69 Å². The molecule has 0 unspecified atom stereocenters. The predicted molar refractivity (Wildman–Crippen MR) is 76.9 cm³/mol. The Balaban J connectivity index is 2.79. The molecule has 1 atom stereocenters. The number of nitrogens with one attached hydrogen (secondary N) is 2. The molecule has 0 aliphatic rings. The maximum atomic E-state index is 11.8. The summed E-state index contributed by atoms with van der Waals surface area (Å²) in [5.41, 5.74) is 8.06. The number of anilines is 2. The van der Waals surface area contributed by atoms with E-state index in [1.54, 1.807) is 18.2 Å². The first-order valence-corrected chi connectivity index (χ1v) is 6.26. The minimum absolute atomic E-state index is 0.0831. The fourth-order valence-electron chi connectivity index (χ4n) is 1.60. The van der Waals surface area contributed by atoms with Crippen molar-refractivity contribution in [2.24, 2.45) is 11.7 Å². The lowest BCUT2D eigenvalue weighted by Gasteiger charge is -2.16. The lowest BCUT2D eigenvalue weighted by molar-refractivity contribution is -0.118. The van der Waals surface area contributed by atoms with Crippen LogP contribution in [0.2, 0.25) is 0 Å². The van der Waals surface area contributed by atoms with Gasteiger partial charge in [-0.3, -0.25) is 9.59 Å². The number of aryl methyl sites for hydroxylation is 1. The van der Waals surface area contributed by atoms with Crippen LogP contribution >= 0.6 is 0 Å². The summed E-state index contributed by atoms with van der Waals surface area (Å²) in [6, 6.07) is 4.77. The maximum Gasteiger partial charge on any atom is 0.241 e. The number of benzene rings is 1. The first-order chi connectivity index (χ1) is 8.81. The van der Waals surface area contributed by atoms with Crippen molar-refractivity contribution >= 4 is 23.2 Å². The Bertz CT molecular complexity index is 484. The van der Waals surface area contributed by atoms with E-state index >= 15 is 0 Å². The van der Waals surface area contributed by atoms with Crippen molar-refractivity contribution in [1.29, 1.82) is 0 Å². The molecule has 0 spiro atoms. The van der Waals surface area contributed by atoms with Crippen LogP contribution in [0.3, 0.4) is 0 Å². The summed E-state index contributed by atoms with van der Waals surface area (Å²) < 4.78 is 0. The number of nitrogens with two attached hydrogens (primary N) is 1. The number of amides is 2. The highest BCUT2D eigenvalue weighted by molar-refractivity contribution is 5.95. The quantitative estimate of drug-likeness (QED) is 0.775. The van der Waals surface area contributed by atoms with Crippen molar-refractivity contribution in [1.82, 2.24) is 0 Å². The van der Waals surface area contributed by atoms with E-state index in [-0.39, 0.29) is 17.7 Å². The molecule has 2 amide bonds. The van der Waals surface area contributed by atoms with E-state index in [2.05, 4.69) is 10.6 Å². The highest BCUT2D eigenvalue weighted by Crippen LogP contribution is 2.20. The number of rotatable bonds is 4. The molecule has 4 N–H and O–H groups in total. The van der Waals surface area contributed by atoms with Gasteiger partial charge in [-0.15, -0.1) is 0 Å². The Morgan fingerprint density at radius 1 is 1.21 bits per heavy atom. The molecule has 5 nitrogen and oxygen atoms in total. The minimum atomic E-state index is -0.532. The second kappa shape index (κ2) is 6.33. The molecule has 0 heterocycles. The van der Waals surface area contributed by atoms with Crippen LogP contribution in [-0.2, 0) is 9.59 Å². The monoisotopic (exact) mass is 263 g/mol. The van der Waals surface area contributed by atoms with Crippen LogP contribution in [0.25, 0.3) is 0 Å². The van der Waals surface area contributed by atoms with Gasteiger partial charge in [-0.25, -0.2) is 0 Å². The molecule has 104 valence electrons. The van der Waals surface area contributed by atoms with Gasteiger partial charge in [0.15, 0.2) is 0 Å². The fraction of sp³-hybridized carbons (Fsp3) is 0.429. The Morgan fingerprint density at radius 2 is 1.84 bits per heavy atom. The highest BCUT2D eigenvalue weighted by atomic mass is 16.2. The third kappa shape index (κ3) is 4.37. The Hall–Kier alpha value is -1.88. The van der Waals surface area contributed by atoms with E-state index in [1.807, 2.05) is 20.8 Å². The minimum Gasteiger partial charge on any atom is -0.326 e. The van der Waals surface area contributed by atoms with E-state index in [4.69, 9.17) is 5.73 Å². The molecule has 0 saturated carbocycles. The molecule has 0 aliphatic heterocycles. The molecule has 0 fully saturated rings. The van der Waals surface area contributed by atoms with Gasteiger partial charge in [-0.05, 0) is 36.6 Å². The zero-order valence-corrected chi connectivity index (χ0v) is 11.8.